The lowest BCUT2D eigenvalue weighted by atomic mass is 9.88. The highest BCUT2D eigenvalue weighted by molar-refractivity contribution is 5.86. The lowest BCUT2D eigenvalue weighted by Crippen LogP contribution is -2.46. The summed E-state index contributed by atoms with van der Waals surface area (Å²) in [5.74, 6) is 0.210. The van der Waals surface area contributed by atoms with Gasteiger partial charge in [0.05, 0.1) is 12.2 Å². The molecule has 2 fully saturated rings. The molecule has 2 rings (SSSR count). The Hall–Kier alpha value is -1.10. The Morgan fingerprint density at radius 2 is 2.11 bits per heavy atom. The number of ether oxygens (including phenoxy) is 2. The first-order valence-electron chi connectivity index (χ1n) is 6.72. The van der Waals surface area contributed by atoms with Crippen LogP contribution in [0.3, 0.4) is 0 Å². The second-order valence-corrected chi connectivity index (χ2v) is 5.03. The van der Waals surface area contributed by atoms with Crippen molar-refractivity contribution in [3.63, 3.8) is 0 Å². The van der Waals surface area contributed by atoms with Crippen molar-refractivity contribution in [3.8, 4) is 0 Å². The van der Waals surface area contributed by atoms with E-state index in [1.54, 1.807) is 11.8 Å². The van der Waals surface area contributed by atoms with Gasteiger partial charge in [-0.15, -0.1) is 0 Å². The van der Waals surface area contributed by atoms with E-state index >= 15 is 0 Å². The van der Waals surface area contributed by atoms with Crippen LogP contribution in [0, 0.1) is 0 Å². The van der Waals surface area contributed by atoms with Gasteiger partial charge in [0.15, 0.2) is 5.78 Å². The highest BCUT2D eigenvalue weighted by Gasteiger charge is 2.47. The van der Waals surface area contributed by atoms with Crippen molar-refractivity contribution in [3.05, 3.63) is 0 Å². The van der Waals surface area contributed by atoms with Crippen molar-refractivity contribution in [2.24, 2.45) is 0 Å². The minimum absolute atomic E-state index is 0.210. The molecular weight excluding hydrogens is 234 g/mol. The molecule has 1 unspecified atom stereocenters. The van der Waals surface area contributed by atoms with Gasteiger partial charge < -0.3 is 14.4 Å². The first-order valence-corrected chi connectivity index (χ1v) is 6.72. The number of likely N-dealkylation sites (tertiary alicyclic amines) is 1. The molecule has 1 atom stereocenters. The number of hydrogen-bond acceptors (Lipinski definition) is 4. The van der Waals surface area contributed by atoms with Crippen LogP contribution in [0.25, 0.3) is 0 Å². The smallest absolute Gasteiger partial charge is 0.409 e. The number of carbonyl (C=O) groups excluding carboxylic acids is 2. The Morgan fingerprint density at radius 3 is 2.61 bits per heavy atom. The van der Waals surface area contributed by atoms with Crippen LogP contribution in [0.2, 0.25) is 0 Å². The molecule has 2 heterocycles. The fourth-order valence-electron chi connectivity index (χ4n) is 2.76. The van der Waals surface area contributed by atoms with E-state index in [0.29, 0.717) is 26.1 Å². The number of carbonyl (C=O) groups is 2. The summed E-state index contributed by atoms with van der Waals surface area (Å²) in [6.45, 7) is 5.39. The molecule has 5 nitrogen and oxygen atoms in total. The molecule has 5 heteroatoms. The van der Waals surface area contributed by atoms with Crippen LogP contribution >= 0.6 is 0 Å². The normalized spacial score (nSPS) is 26.7. The van der Waals surface area contributed by atoms with Gasteiger partial charge >= 0.3 is 6.09 Å². The first kappa shape index (κ1) is 13.3. The van der Waals surface area contributed by atoms with Gasteiger partial charge in [-0.2, -0.15) is 0 Å². The van der Waals surface area contributed by atoms with Crippen LogP contribution in [0.5, 0.6) is 0 Å². The maximum Gasteiger partial charge on any atom is 0.409 e. The summed E-state index contributed by atoms with van der Waals surface area (Å²) in [6, 6.07) is 0. The lowest BCUT2D eigenvalue weighted by Gasteiger charge is -2.37. The third-order valence-corrected chi connectivity index (χ3v) is 3.82. The van der Waals surface area contributed by atoms with Gasteiger partial charge in [0.2, 0.25) is 0 Å². The van der Waals surface area contributed by atoms with E-state index in [4.69, 9.17) is 9.47 Å². The Morgan fingerprint density at radius 1 is 1.44 bits per heavy atom. The van der Waals surface area contributed by atoms with Gasteiger partial charge in [-0.05, 0) is 26.2 Å². The average molecular weight is 255 g/mol. The highest BCUT2D eigenvalue weighted by atomic mass is 16.6. The third-order valence-electron chi connectivity index (χ3n) is 3.82. The monoisotopic (exact) mass is 255 g/mol. The molecule has 0 aromatic heterocycles. The SMILES string of the molecule is CCOC(=O)N1CCC2(CC1)CC(=O)C(CC)O2. The van der Waals surface area contributed by atoms with E-state index < -0.39 is 0 Å². The van der Waals surface area contributed by atoms with Crippen molar-refractivity contribution in [2.45, 2.75) is 51.2 Å². The summed E-state index contributed by atoms with van der Waals surface area (Å²) in [5.41, 5.74) is -0.319. The maximum atomic E-state index is 11.8. The maximum absolute atomic E-state index is 11.8. The molecule has 2 aliphatic heterocycles. The van der Waals surface area contributed by atoms with E-state index in [9.17, 15) is 9.59 Å². The summed E-state index contributed by atoms with van der Waals surface area (Å²) < 4.78 is 10.9. The molecule has 0 aromatic rings. The zero-order chi connectivity index (χ0) is 13.2. The molecule has 0 N–H and O–H groups in total. The number of rotatable bonds is 2. The standard InChI is InChI=1S/C13H21NO4/c1-3-11-10(15)9-13(18-11)5-7-14(8-6-13)12(16)17-4-2/h11H,3-9H2,1-2H3. The Bertz CT molecular complexity index is 334. The highest BCUT2D eigenvalue weighted by Crippen LogP contribution is 2.38. The third kappa shape index (κ3) is 2.51. The van der Waals surface area contributed by atoms with Crippen molar-refractivity contribution < 1.29 is 19.1 Å². The van der Waals surface area contributed by atoms with Crippen molar-refractivity contribution in [1.29, 1.82) is 0 Å². The van der Waals surface area contributed by atoms with Crippen molar-refractivity contribution >= 4 is 11.9 Å². The molecule has 2 saturated heterocycles. The summed E-state index contributed by atoms with van der Waals surface area (Å²) in [7, 11) is 0. The van der Waals surface area contributed by atoms with E-state index in [0.717, 1.165) is 19.3 Å². The van der Waals surface area contributed by atoms with E-state index in [1.165, 1.54) is 0 Å². The van der Waals surface area contributed by atoms with Crippen molar-refractivity contribution in [1.82, 2.24) is 4.90 Å². The fraction of sp³-hybridized carbons (Fsp3) is 0.846. The van der Waals surface area contributed by atoms with Gasteiger partial charge in [-0.1, -0.05) is 6.92 Å². The molecule has 2 aliphatic rings. The van der Waals surface area contributed by atoms with E-state index in [-0.39, 0.29) is 23.6 Å². The van der Waals surface area contributed by atoms with Gasteiger partial charge in [0, 0.05) is 19.5 Å². The van der Waals surface area contributed by atoms with Gasteiger partial charge in [0.25, 0.3) is 0 Å². The Labute approximate surface area is 107 Å². The second-order valence-electron chi connectivity index (χ2n) is 5.03. The predicted molar refractivity (Wildman–Crippen MR) is 65.3 cm³/mol. The summed E-state index contributed by atoms with van der Waals surface area (Å²) in [5, 5.41) is 0. The second kappa shape index (κ2) is 5.26. The summed E-state index contributed by atoms with van der Waals surface area (Å²) >= 11 is 0. The number of Topliss-reactive ketones (excluding diaryl/α,β-unsaturated/α-hetero) is 1. The molecule has 0 radical (unpaired) electrons. The Balaban J connectivity index is 1.91. The molecule has 102 valence electrons. The minimum atomic E-state index is -0.319. The van der Waals surface area contributed by atoms with Gasteiger partial charge in [-0.25, -0.2) is 4.79 Å². The molecular formula is C13H21NO4. The molecule has 0 aliphatic carbocycles. The fourth-order valence-corrected chi connectivity index (χ4v) is 2.76. The molecule has 18 heavy (non-hydrogen) atoms. The number of amides is 1. The van der Waals surface area contributed by atoms with E-state index in [1.807, 2.05) is 6.92 Å². The van der Waals surface area contributed by atoms with Crippen LogP contribution < -0.4 is 0 Å². The zero-order valence-corrected chi connectivity index (χ0v) is 11.1. The topological polar surface area (TPSA) is 55.8 Å². The molecule has 0 saturated carbocycles. The number of nitrogens with zero attached hydrogens (tertiary/aromatic N) is 1. The number of ketones is 1. The summed E-state index contributed by atoms with van der Waals surface area (Å²) in [6.07, 6.45) is 2.20. The Kier molecular flexibility index (Phi) is 3.90. The van der Waals surface area contributed by atoms with Crippen LogP contribution in [0.15, 0.2) is 0 Å². The van der Waals surface area contributed by atoms with Crippen LogP contribution in [-0.2, 0) is 14.3 Å². The number of piperidine rings is 1. The number of hydrogen-bond donors (Lipinski definition) is 0. The quantitative estimate of drug-likeness (QED) is 0.754. The first-order chi connectivity index (χ1) is 8.60. The predicted octanol–water partition coefficient (Wildman–Crippen LogP) is 1.75. The van der Waals surface area contributed by atoms with Gasteiger partial charge in [0.1, 0.15) is 6.10 Å². The minimum Gasteiger partial charge on any atom is -0.450 e. The van der Waals surface area contributed by atoms with Crippen LogP contribution in [-0.4, -0.2) is 48.2 Å². The molecule has 1 amide bonds. The van der Waals surface area contributed by atoms with E-state index in [2.05, 4.69) is 0 Å². The molecule has 0 bridgehead atoms. The largest absolute Gasteiger partial charge is 0.450 e. The lowest BCUT2D eigenvalue weighted by molar-refractivity contribution is -0.124. The zero-order valence-electron chi connectivity index (χ0n) is 11.1. The van der Waals surface area contributed by atoms with Crippen LogP contribution in [0.4, 0.5) is 4.79 Å². The molecule has 1 spiro atoms. The average Bonchev–Trinajstić information content (AvgIpc) is 2.67. The van der Waals surface area contributed by atoms with Crippen molar-refractivity contribution in [2.75, 3.05) is 19.7 Å². The van der Waals surface area contributed by atoms with Crippen LogP contribution in [0.1, 0.15) is 39.5 Å². The summed E-state index contributed by atoms with van der Waals surface area (Å²) in [4.78, 5) is 25.0. The van der Waals surface area contributed by atoms with Gasteiger partial charge in [-0.3, -0.25) is 4.79 Å². The molecule has 0 aromatic carbocycles.